The summed E-state index contributed by atoms with van der Waals surface area (Å²) >= 11 is 0. The zero-order valence-electron chi connectivity index (χ0n) is 19.0. The van der Waals surface area contributed by atoms with Gasteiger partial charge in [0.2, 0.25) is 5.96 Å². The number of hydrogen-bond donors (Lipinski definition) is 0. The van der Waals surface area contributed by atoms with Crippen molar-refractivity contribution in [2.75, 3.05) is 31.7 Å². The number of anilines is 1. The number of rotatable bonds is 6. The first-order valence-corrected chi connectivity index (χ1v) is 11.2. The molecule has 0 bridgehead atoms. The summed E-state index contributed by atoms with van der Waals surface area (Å²) < 4.78 is 5.40. The average molecular weight is 446 g/mol. The summed E-state index contributed by atoms with van der Waals surface area (Å²) in [5.74, 6) is 0.394. The van der Waals surface area contributed by atoms with Gasteiger partial charge in [-0.3, -0.25) is 19.5 Å². The molecule has 3 aliphatic rings. The Hall–Kier alpha value is -3.65. The van der Waals surface area contributed by atoms with Gasteiger partial charge in [-0.25, -0.2) is 9.79 Å². The molecule has 3 aliphatic heterocycles. The van der Waals surface area contributed by atoms with Gasteiger partial charge in [0.25, 0.3) is 5.91 Å². The van der Waals surface area contributed by atoms with Crippen LogP contribution >= 0.6 is 0 Å². The Kier molecular flexibility index (Phi) is 5.38. The summed E-state index contributed by atoms with van der Waals surface area (Å²) in [6, 6.07) is 17.3. The molecule has 3 heterocycles. The molecule has 2 atom stereocenters. The van der Waals surface area contributed by atoms with Crippen molar-refractivity contribution in [2.45, 2.75) is 26.1 Å². The van der Waals surface area contributed by atoms with Gasteiger partial charge in [-0.1, -0.05) is 42.5 Å². The Morgan fingerprint density at radius 2 is 1.85 bits per heavy atom. The monoisotopic (exact) mass is 445 g/mol. The Balaban J connectivity index is 1.56. The Morgan fingerprint density at radius 1 is 1.06 bits per heavy atom. The number of carbonyl (C=O) groups excluding carboxylic acids is 2. The minimum Gasteiger partial charge on any atom is -0.380 e. The van der Waals surface area contributed by atoms with E-state index in [2.05, 4.69) is 11.0 Å². The predicted molar refractivity (Wildman–Crippen MR) is 126 cm³/mol. The number of amides is 3. The van der Waals surface area contributed by atoms with Crippen LogP contribution in [0.25, 0.3) is 5.70 Å². The van der Waals surface area contributed by atoms with Gasteiger partial charge in [0.15, 0.2) is 12.2 Å². The van der Waals surface area contributed by atoms with Crippen LogP contribution in [-0.2, 0) is 9.53 Å². The van der Waals surface area contributed by atoms with Gasteiger partial charge in [-0.2, -0.15) is 0 Å². The Labute approximate surface area is 193 Å². The number of ether oxygens (including phenoxy) is 1. The van der Waals surface area contributed by atoms with Crippen molar-refractivity contribution in [1.29, 1.82) is 0 Å². The highest BCUT2D eigenvalue weighted by Crippen LogP contribution is 2.40. The highest BCUT2D eigenvalue weighted by molar-refractivity contribution is 6.16. The number of urea groups is 1. The van der Waals surface area contributed by atoms with E-state index in [0.29, 0.717) is 19.2 Å². The molecule has 0 aliphatic carbocycles. The molecule has 0 spiro atoms. The van der Waals surface area contributed by atoms with Gasteiger partial charge in [0, 0.05) is 31.1 Å². The SMILES string of the molecule is CCOCCN1C(=O)C2C(N=C3N(c4cccc(C)c4)C(c4ccccc4)=CN32)N(C)C1=O. The first kappa shape index (κ1) is 21.2. The lowest BCUT2D eigenvalue weighted by Gasteiger charge is -2.40. The van der Waals surface area contributed by atoms with E-state index < -0.39 is 12.2 Å². The second kappa shape index (κ2) is 8.37. The molecule has 8 heteroatoms. The molecular weight excluding hydrogens is 418 g/mol. The molecule has 0 aromatic heterocycles. The molecule has 2 unspecified atom stereocenters. The number of nitrogens with zero attached hydrogens (tertiary/aromatic N) is 5. The largest absolute Gasteiger partial charge is 0.380 e. The van der Waals surface area contributed by atoms with E-state index in [9.17, 15) is 9.59 Å². The quantitative estimate of drug-likeness (QED) is 0.639. The molecule has 1 fully saturated rings. The fourth-order valence-electron chi connectivity index (χ4n) is 4.57. The molecule has 2 aromatic carbocycles. The van der Waals surface area contributed by atoms with Crippen LogP contribution < -0.4 is 4.90 Å². The summed E-state index contributed by atoms with van der Waals surface area (Å²) in [7, 11) is 1.70. The summed E-state index contributed by atoms with van der Waals surface area (Å²) in [6.45, 7) is 5.00. The highest BCUT2D eigenvalue weighted by Gasteiger charge is 2.54. The minimum atomic E-state index is -0.613. The van der Waals surface area contributed by atoms with Crippen LogP contribution in [0.15, 0.2) is 65.8 Å². The third-order valence-electron chi connectivity index (χ3n) is 6.20. The van der Waals surface area contributed by atoms with Gasteiger partial charge in [0.05, 0.1) is 18.8 Å². The van der Waals surface area contributed by atoms with Crippen molar-refractivity contribution in [3.05, 3.63) is 71.9 Å². The third kappa shape index (κ3) is 3.47. The van der Waals surface area contributed by atoms with E-state index in [1.165, 1.54) is 4.90 Å². The van der Waals surface area contributed by atoms with Crippen molar-refractivity contribution in [2.24, 2.45) is 4.99 Å². The summed E-state index contributed by atoms with van der Waals surface area (Å²) in [5.41, 5.74) is 4.04. The zero-order chi connectivity index (χ0) is 23.1. The van der Waals surface area contributed by atoms with Crippen molar-refractivity contribution in [1.82, 2.24) is 14.7 Å². The van der Waals surface area contributed by atoms with Crippen LogP contribution in [0.1, 0.15) is 18.1 Å². The lowest BCUT2D eigenvalue weighted by Crippen LogP contribution is -2.64. The number of aryl methyl sites for hydroxylation is 1. The molecule has 5 rings (SSSR count). The fourth-order valence-corrected chi connectivity index (χ4v) is 4.57. The molecule has 2 aromatic rings. The summed E-state index contributed by atoms with van der Waals surface area (Å²) in [4.78, 5) is 38.1. The molecular formula is C25H27N5O3. The van der Waals surface area contributed by atoms with Crippen LogP contribution in [0.5, 0.6) is 0 Å². The number of aliphatic imine (C=N–C) groups is 1. The van der Waals surface area contributed by atoms with E-state index in [0.717, 1.165) is 22.5 Å². The molecule has 0 N–H and O–H groups in total. The molecule has 1 saturated heterocycles. The van der Waals surface area contributed by atoms with Crippen molar-refractivity contribution in [3.8, 4) is 0 Å². The summed E-state index contributed by atoms with van der Waals surface area (Å²) in [5, 5.41) is 0. The lowest BCUT2D eigenvalue weighted by molar-refractivity contribution is -0.137. The number of likely N-dealkylation sites (N-methyl/N-ethyl adjacent to an activating group) is 1. The van der Waals surface area contributed by atoms with E-state index in [-0.39, 0.29) is 18.5 Å². The van der Waals surface area contributed by atoms with Gasteiger partial charge in [-0.15, -0.1) is 0 Å². The van der Waals surface area contributed by atoms with E-state index >= 15 is 0 Å². The third-order valence-corrected chi connectivity index (χ3v) is 6.20. The van der Waals surface area contributed by atoms with E-state index in [1.54, 1.807) is 11.9 Å². The van der Waals surface area contributed by atoms with Crippen LogP contribution in [-0.4, -0.2) is 71.6 Å². The van der Waals surface area contributed by atoms with Crippen LogP contribution in [0.3, 0.4) is 0 Å². The standard InChI is InChI=1S/C25H27N5O3/c1-4-33-14-13-28-23(31)21-22(27(3)25(28)32)26-24-29(21)16-20(18-10-6-5-7-11-18)30(24)19-12-8-9-17(2)15-19/h5-12,15-16,21-22H,4,13-14H2,1-3H3. The first-order valence-electron chi connectivity index (χ1n) is 11.2. The van der Waals surface area contributed by atoms with Gasteiger partial charge in [-0.05, 0) is 31.5 Å². The Morgan fingerprint density at radius 3 is 2.58 bits per heavy atom. The molecule has 0 saturated carbocycles. The van der Waals surface area contributed by atoms with Crippen molar-refractivity contribution >= 4 is 29.3 Å². The van der Waals surface area contributed by atoms with E-state index in [4.69, 9.17) is 9.73 Å². The maximum Gasteiger partial charge on any atom is 0.328 e. The highest BCUT2D eigenvalue weighted by atomic mass is 16.5. The molecule has 3 amide bonds. The fraction of sp³-hybridized carbons (Fsp3) is 0.320. The van der Waals surface area contributed by atoms with E-state index in [1.807, 2.05) is 73.5 Å². The average Bonchev–Trinajstić information content (AvgIpc) is 3.37. The molecule has 8 nitrogen and oxygen atoms in total. The lowest BCUT2D eigenvalue weighted by atomic mass is 10.1. The first-order chi connectivity index (χ1) is 16.0. The number of imide groups is 1. The number of fused-ring (bicyclic) bond motifs is 3. The number of benzene rings is 2. The second-order valence-corrected chi connectivity index (χ2v) is 8.33. The van der Waals surface area contributed by atoms with Crippen LogP contribution in [0, 0.1) is 6.92 Å². The zero-order valence-corrected chi connectivity index (χ0v) is 19.0. The molecule has 0 radical (unpaired) electrons. The predicted octanol–water partition coefficient (Wildman–Crippen LogP) is 3.11. The number of hydrogen-bond acceptors (Lipinski definition) is 6. The molecule has 170 valence electrons. The maximum absolute atomic E-state index is 13.5. The smallest absolute Gasteiger partial charge is 0.328 e. The van der Waals surface area contributed by atoms with Crippen LogP contribution in [0.4, 0.5) is 10.5 Å². The van der Waals surface area contributed by atoms with Crippen LogP contribution in [0.2, 0.25) is 0 Å². The number of carbonyl (C=O) groups is 2. The van der Waals surface area contributed by atoms with Crippen molar-refractivity contribution < 1.29 is 14.3 Å². The Bertz CT molecular complexity index is 1150. The normalized spacial score (nSPS) is 21.9. The van der Waals surface area contributed by atoms with Gasteiger partial charge < -0.3 is 9.64 Å². The van der Waals surface area contributed by atoms with Gasteiger partial charge >= 0.3 is 6.03 Å². The molecule has 33 heavy (non-hydrogen) atoms. The number of guanidine groups is 1. The van der Waals surface area contributed by atoms with Gasteiger partial charge in [0.1, 0.15) is 0 Å². The minimum absolute atomic E-state index is 0.221. The summed E-state index contributed by atoms with van der Waals surface area (Å²) in [6.07, 6.45) is 1.40. The topological polar surface area (TPSA) is 68.7 Å². The maximum atomic E-state index is 13.5. The van der Waals surface area contributed by atoms with Crippen molar-refractivity contribution in [3.63, 3.8) is 0 Å². The second-order valence-electron chi connectivity index (χ2n) is 8.33.